The number of rotatable bonds is 8. The molecule has 0 aliphatic rings. The van der Waals surface area contributed by atoms with Crippen LogP contribution in [0.15, 0.2) is 42.5 Å². The molecule has 0 aromatic heterocycles. The summed E-state index contributed by atoms with van der Waals surface area (Å²) in [5.41, 5.74) is 10.7. The summed E-state index contributed by atoms with van der Waals surface area (Å²) in [6.07, 6.45) is 3.28. The van der Waals surface area contributed by atoms with Gasteiger partial charge in [0.25, 0.3) is 0 Å². The molecule has 0 bridgehead atoms. The van der Waals surface area contributed by atoms with Gasteiger partial charge in [0.2, 0.25) is 0 Å². The molecule has 3 nitrogen and oxygen atoms in total. The van der Waals surface area contributed by atoms with Crippen LogP contribution in [-0.2, 0) is 12.8 Å². The fraction of sp³-hybridized carbons (Fsp3) is 0.400. The molecule has 0 spiro atoms. The Labute approximate surface area is 139 Å². The molecule has 0 aliphatic heterocycles. The number of ether oxygens (including phenoxy) is 1. The summed E-state index contributed by atoms with van der Waals surface area (Å²) in [4.78, 5) is 0. The second-order valence-corrected chi connectivity index (χ2v) is 6.08. The van der Waals surface area contributed by atoms with E-state index in [1.165, 1.54) is 16.8 Å². The molecule has 0 heterocycles. The van der Waals surface area contributed by atoms with Gasteiger partial charge in [-0.3, -0.25) is 0 Å². The summed E-state index contributed by atoms with van der Waals surface area (Å²) in [6, 6.07) is 14.6. The quantitative estimate of drug-likeness (QED) is 0.550. The monoisotopic (exact) mass is 312 g/mol. The van der Waals surface area contributed by atoms with Gasteiger partial charge in [0.1, 0.15) is 5.75 Å². The number of nitrogens with one attached hydrogen (secondary N) is 1. The molecular formula is C20H28N2O. The van der Waals surface area contributed by atoms with E-state index in [1.54, 1.807) is 0 Å². The Kier molecular flexibility index (Phi) is 6.33. The molecule has 3 N–H and O–H groups in total. The van der Waals surface area contributed by atoms with Crippen molar-refractivity contribution in [1.29, 1.82) is 0 Å². The molecule has 23 heavy (non-hydrogen) atoms. The number of para-hydroxylation sites is 1. The number of aryl methyl sites for hydroxylation is 2. The molecule has 0 atom stereocenters. The van der Waals surface area contributed by atoms with E-state index in [4.69, 9.17) is 10.5 Å². The van der Waals surface area contributed by atoms with Crippen molar-refractivity contribution >= 4 is 11.4 Å². The van der Waals surface area contributed by atoms with Gasteiger partial charge in [-0.25, -0.2) is 0 Å². The lowest BCUT2D eigenvalue weighted by Gasteiger charge is -2.13. The maximum absolute atomic E-state index is 6.06. The van der Waals surface area contributed by atoms with E-state index < -0.39 is 0 Å². The van der Waals surface area contributed by atoms with Crippen LogP contribution in [0.25, 0.3) is 0 Å². The average molecular weight is 312 g/mol. The van der Waals surface area contributed by atoms with Gasteiger partial charge < -0.3 is 15.8 Å². The number of hydrogen-bond donors (Lipinski definition) is 2. The molecule has 0 fully saturated rings. The van der Waals surface area contributed by atoms with E-state index in [2.05, 4.69) is 42.6 Å². The van der Waals surface area contributed by atoms with Crippen molar-refractivity contribution < 1.29 is 4.74 Å². The van der Waals surface area contributed by atoms with Crippen LogP contribution in [-0.4, -0.2) is 12.6 Å². The van der Waals surface area contributed by atoms with Crippen molar-refractivity contribution in [3.8, 4) is 5.75 Å². The van der Waals surface area contributed by atoms with Crippen LogP contribution in [0, 0.1) is 0 Å². The van der Waals surface area contributed by atoms with Crippen molar-refractivity contribution in [2.24, 2.45) is 0 Å². The van der Waals surface area contributed by atoms with Crippen molar-refractivity contribution in [1.82, 2.24) is 0 Å². The standard InChI is InChI=1S/C20H28N2O/c1-4-17-9-5-6-10-19(17)22-13-7-8-16-11-12-20(18(21)14-16)23-15(2)3/h5-6,9-12,14-15,22H,4,7-8,13,21H2,1-3H3. The minimum Gasteiger partial charge on any atom is -0.489 e. The van der Waals surface area contributed by atoms with Crippen LogP contribution < -0.4 is 15.8 Å². The highest BCUT2D eigenvalue weighted by atomic mass is 16.5. The third kappa shape index (κ3) is 5.20. The Morgan fingerprint density at radius 2 is 1.91 bits per heavy atom. The second-order valence-electron chi connectivity index (χ2n) is 6.08. The van der Waals surface area contributed by atoms with Gasteiger partial charge in [0.15, 0.2) is 0 Å². The molecule has 124 valence electrons. The first-order valence-corrected chi connectivity index (χ1v) is 8.47. The van der Waals surface area contributed by atoms with E-state index in [9.17, 15) is 0 Å². The largest absolute Gasteiger partial charge is 0.489 e. The van der Waals surface area contributed by atoms with Crippen molar-refractivity contribution in [3.05, 3.63) is 53.6 Å². The van der Waals surface area contributed by atoms with Gasteiger partial charge in [-0.05, 0) is 62.4 Å². The molecule has 2 aromatic carbocycles. The summed E-state index contributed by atoms with van der Waals surface area (Å²) in [6.45, 7) is 7.16. The molecule has 0 saturated carbocycles. The average Bonchev–Trinajstić information content (AvgIpc) is 2.54. The SMILES string of the molecule is CCc1ccccc1NCCCc1ccc(OC(C)C)c(N)c1. The van der Waals surface area contributed by atoms with Crippen LogP contribution in [0.2, 0.25) is 0 Å². The van der Waals surface area contributed by atoms with E-state index in [1.807, 2.05) is 26.0 Å². The van der Waals surface area contributed by atoms with Gasteiger partial charge in [-0.15, -0.1) is 0 Å². The Morgan fingerprint density at radius 3 is 2.61 bits per heavy atom. The predicted molar refractivity (Wildman–Crippen MR) is 99.2 cm³/mol. The molecule has 0 unspecified atom stereocenters. The Hall–Kier alpha value is -2.16. The van der Waals surface area contributed by atoms with E-state index >= 15 is 0 Å². The van der Waals surface area contributed by atoms with Crippen LogP contribution >= 0.6 is 0 Å². The van der Waals surface area contributed by atoms with E-state index in [0.29, 0.717) is 0 Å². The maximum atomic E-state index is 6.06. The lowest BCUT2D eigenvalue weighted by Crippen LogP contribution is -2.08. The lowest BCUT2D eigenvalue weighted by molar-refractivity contribution is 0.244. The van der Waals surface area contributed by atoms with E-state index in [0.717, 1.165) is 37.2 Å². The third-order valence-corrected chi connectivity index (χ3v) is 3.79. The molecule has 3 heteroatoms. The van der Waals surface area contributed by atoms with Gasteiger partial charge in [-0.2, -0.15) is 0 Å². The van der Waals surface area contributed by atoms with Crippen molar-refractivity contribution in [2.45, 2.75) is 46.1 Å². The zero-order chi connectivity index (χ0) is 16.7. The molecule has 2 rings (SSSR count). The number of hydrogen-bond acceptors (Lipinski definition) is 3. The summed E-state index contributed by atoms with van der Waals surface area (Å²) in [5, 5.41) is 3.53. The first kappa shape index (κ1) is 17.2. The predicted octanol–water partition coefficient (Wildman–Crippen LogP) is 4.66. The highest BCUT2D eigenvalue weighted by Gasteiger charge is 2.04. The van der Waals surface area contributed by atoms with Crippen LogP contribution in [0.3, 0.4) is 0 Å². The van der Waals surface area contributed by atoms with Crippen molar-refractivity contribution in [3.63, 3.8) is 0 Å². The lowest BCUT2D eigenvalue weighted by atomic mass is 10.1. The maximum Gasteiger partial charge on any atom is 0.142 e. The molecule has 0 saturated heterocycles. The fourth-order valence-electron chi connectivity index (χ4n) is 2.63. The zero-order valence-electron chi connectivity index (χ0n) is 14.4. The molecule has 0 amide bonds. The minimum atomic E-state index is 0.144. The smallest absolute Gasteiger partial charge is 0.142 e. The number of nitrogens with two attached hydrogens (primary N) is 1. The minimum absolute atomic E-state index is 0.144. The summed E-state index contributed by atoms with van der Waals surface area (Å²) >= 11 is 0. The van der Waals surface area contributed by atoms with Crippen LogP contribution in [0.4, 0.5) is 11.4 Å². The Morgan fingerprint density at radius 1 is 1.13 bits per heavy atom. The van der Waals surface area contributed by atoms with Crippen LogP contribution in [0.5, 0.6) is 5.75 Å². The summed E-state index contributed by atoms with van der Waals surface area (Å²) < 4.78 is 5.67. The third-order valence-electron chi connectivity index (χ3n) is 3.79. The van der Waals surface area contributed by atoms with Gasteiger partial charge >= 0.3 is 0 Å². The summed E-state index contributed by atoms with van der Waals surface area (Å²) in [5.74, 6) is 0.777. The Bertz CT molecular complexity index is 623. The first-order valence-electron chi connectivity index (χ1n) is 8.47. The normalized spacial score (nSPS) is 10.8. The van der Waals surface area contributed by atoms with Crippen LogP contribution in [0.1, 0.15) is 38.3 Å². The van der Waals surface area contributed by atoms with Gasteiger partial charge in [-0.1, -0.05) is 31.2 Å². The number of nitrogen functional groups attached to an aromatic ring is 1. The second kappa shape index (κ2) is 8.47. The molecule has 0 aliphatic carbocycles. The number of benzene rings is 2. The molecule has 2 aromatic rings. The van der Waals surface area contributed by atoms with E-state index in [-0.39, 0.29) is 6.10 Å². The Balaban J connectivity index is 1.83. The topological polar surface area (TPSA) is 47.3 Å². The van der Waals surface area contributed by atoms with Gasteiger partial charge in [0.05, 0.1) is 11.8 Å². The molecular weight excluding hydrogens is 284 g/mol. The van der Waals surface area contributed by atoms with Crippen molar-refractivity contribution in [2.75, 3.05) is 17.6 Å². The molecule has 0 radical (unpaired) electrons. The van der Waals surface area contributed by atoms with Gasteiger partial charge in [0, 0.05) is 12.2 Å². The fourth-order valence-corrected chi connectivity index (χ4v) is 2.63. The highest BCUT2D eigenvalue weighted by Crippen LogP contribution is 2.24. The highest BCUT2D eigenvalue weighted by molar-refractivity contribution is 5.54. The first-order chi connectivity index (χ1) is 11.1. The number of anilines is 2. The zero-order valence-corrected chi connectivity index (χ0v) is 14.4. The summed E-state index contributed by atoms with van der Waals surface area (Å²) in [7, 11) is 0.